The van der Waals surface area contributed by atoms with Crippen molar-refractivity contribution in [2.24, 2.45) is 5.16 Å². The van der Waals surface area contributed by atoms with E-state index in [1.165, 1.54) is 0 Å². The zero-order valence-corrected chi connectivity index (χ0v) is 13.0. The van der Waals surface area contributed by atoms with Crippen LogP contribution in [0.4, 0.5) is 16.3 Å². The number of hydrogen-bond donors (Lipinski definition) is 2. The number of nitrogens with zero attached hydrogens (tertiary/aromatic N) is 4. The Bertz CT molecular complexity index is 709. The number of carbonyl (C=O) groups excluding carboxylic acids is 1. The molecule has 1 saturated heterocycles. The number of piperidine rings is 1. The molecule has 0 bridgehead atoms. The van der Waals surface area contributed by atoms with Crippen molar-refractivity contribution in [3.05, 3.63) is 36.0 Å². The number of anilines is 2. The van der Waals surface area contributed by atoms with Gasteiger partial charge in [0.05, 0.1) is 0 Å². The SMILES string of the molecule is Nc1nonc1/C(=N\OC(=O)Nc1ccccc1)N1CCCCC1. The van der Waals surface area contributed by atoms with Gasteiger partial charge in [-0.2, -0.15) is 0 Å². The second-order valence-electron chi connectivity index (χ2n) is 5.33. The van der Waals surface area contributed by atoms with E-state index in [1.807, 2.05) is 11.0 Å². The third kappa shape index (κ3) is 3.80. The number of amidine groups is 1. The standard InChI is InChI=1S/C15H18N6O3/c16-13-12(18-24-19-13)14(21-9-5-2-6-10-21)20-23-15(22)17-11-7-3-1-4-8-11/h1,3-4,7-8H,2,5-6,9-10H2,(H2,16,19)(H,17,22)/b20-14+. The maximum atomic E-state index is 11.9. The average molecular weight is 330 g/mol. The van der Waals surface area contributed by atoms with Gasteiger partial charge in [-0.05, 0) is 41.7 Å². The fraction of sp³-hybridized carbons (Fsp3) is 0.333. The maximum Gasteiger partial charge on any atom is 0.437 e. The van der Waals surface area contributed by atoms with Crippen molar-refractivity contribution in [2.75, 3.05) is 24.1 Å². The molecule has 126 valence electrons. The minimum absolute atomic E-state index is 0.103. The summed E-state index contributed by atoms with van der Waals surface area (Å²) in [5.41, 5.74) is 6.63. The number of para-hydroxylation sites is 1. The molecule has 9 heteroatoms. The largest absolute Gasteiger partial charge is 0.437 e. The summed E-state index contributed by atoms with van der Waals surface area (Å²) in [5, 5.41) is 13.8. The van der Waals surface area contributed by atoms with E-state index in [4.69, 9.17) is 10.6 Å². The van der Waals surface area contributed by atoms with Crippen molar-refractivity contribution in [1.82, 2.24) is 15.2 Å². The summed E-state index contributed by atoms with van der Waals surface area (Å²) in [4.78, 5) is 18.8. The molecule has 2 aromatic rings. The third-order valence-corrected chi connectivity index (χ3v) is 3.62. The molecule has 1 fully saturated rings. The summed E-state index contributed by atoms with van der Waals surface area (Å²) in [7, 11) is 0. The van der Waals surface area contributed by atoms with Gasteiger partial charge in [-0.25, -0.2) is 9.42 Å². The molecule has 0 aliphatic carbocycles. The highest BCUT2D eigenvalue weighted by molar-refractivity contribution is 6.00. The van der Waals surface area contributed by atoms with Crippen LogP contribution in [0.25, 0.3) is 0 Å². The predicted molar refractivity (Wildman–Crippen MR) is 87.2 cm³/mol. The second kappa shape index (κ2) is 7.44. The number of nitrogen functional groups attached to an aromatic ring is 1. The lowest BCUT2D eigenvalue weighted by Crippen LogP contribution is -2.37. The molecule has 0 saturated carbocycles. The highest BCUT2D eigenvalue weighted by Gasteiger charge is 2.24. The zero-order chi connectivity index (χ0) is 16.8. The Kier molecular flexibility index (Phi) is 4.90. The number of oxime groups is 1. The fourth-order valence-corrected chi connectivity index (χ4v) is 2.45. The molecular weight excluding hydrogens is 312 g/mol. The minimum atomic E-state index is -0.703. The molecule has 1 aromatic heterocycles. The summed E-state index contributed by atoms with van der Waals surface area (Å²) in [6.45, 7) is 1.55. The number of aromatic nitrogens is 2. The molecule has 9 nitrogen and oxygen atoms in total. The lowest BCUT2D eigenvalue weighted by Gasteiger charge is -2.27. The van der Waals surface area contributed by atoms with E-state index in [-0.39, 0.29) is 11.5 Å². The van der Waals surface area contributed by atoms with Crippen molar-refractivity contribution in [3.63, 3.8) is 0 Å². The van der Waals surface area contributed by atoms with Crippen molar-refractivity contribution in [3.8, 4) is 0 Å². The lowest BCUT2D eigenvalue weighted by molar-refractivity contribution is 0.163. The monoisotopic (exact) mass is 330 g/mol. The molecule has 1 amide bonds. The second-order valence-corrected chi connectivity index (χ2v) is 5.33. The average Bonchev–Trinajstić information content (AvgIpc) is 3.03. The van der Waals surface area contributed by atoms with Crippen molar-refractivity contribution in [2.45, 2.75) is 19.3 Å². The van der Waals surface area contributed by atoms with E-state index in [2.05, 4.69) is 25.4 Å². The van der Waals surface area contributed by atoms with Gasteiger partial charge in [-0.3, -0.25) is 10.2 Å². The first-order chi connectivity index (χ1) is 11.7. The van der Waals surface area contributed by atoms with Gasteiger partial charge in [0.25, 0.3) is 0 Å². The van der Waals surface area contributed by atoms with Crippen LogP contribution in [0.15, 0.2) is 40.1 Å². The van der Waals surface area contributed by atoms with Gasteiger partial charge in [0.2, 0.25) is 5.84 Å². The summed E-state index contributed by atoms with van der Waals surface area (Å²) in [6.07, 6.45) is 2.47. The van der Waals surface area contributed by atoms with Gasteiger partial charge in [0.1, 0.15) is 0 Å². The number of nitrogens with two attached hydrogens (primary N) is 1. The van der Waals surface area contributed by atoms with Crippen LogP contribution in [0, 0.1) is 0 Å². The van der Waals surface area contributed by atoms with Gasteiger partial charge in [-0.1, -0.05) is 23.4 Å². The molecule has 24 heavy (non-hydrogen) atoms. The molecule has 0 atom stereocenters. The molecule has 3 N–H and O–H groups in total. The Morgan fingerprint density at radius 1 is 1.21 bits per heavy atom. The molecular formula is C15H18N6O3. The highest BCUT2D eigenvalue weighted by atomic mass is 16.7. The first kappa shape index (κ1) is 15.8. The number of rotatable bonds is 3. The molecule has 2 heterocycles. The van der Waals surface area contributed by atoms with Crippen molar-refractivity contribution >= 4 is 23.4 Å². The van der Waals surface area contributed by atoms with E-state index in [0.717, 1.165) is 32.4 Å². The molecule has 3 rings (SSSR count). The Balaban J connectivity index is 1.73. The molecule has 0 spiro atoms. The van der Waals surface area contributed by atoms with Crippen LogP contribution < -0.4 is 11.1 Å². The van der Waals surface area contributed by atoms with E-state index in [0.29, 0.717) is 11.5 Å². The molecule has 0 unspecified atom stereocenters. The van der Waals surface area contributed by atoms with Gasteiger partial charge in [-0.15, -0.1) is 0 Å². The number of likely N-dealkylation sites (tertiary alicyclic amines) is 1. The third-order valence-electron chi connectivity index (χ3n) is 3.62. The number of benzene rings is 1. The van der Waals surface area contributed by atoms with Crippen LogP contribution in [0.2, 0.25) is 0 Å². The van der Waals surface area contributed by atoms with Crippen LogP contribution >= 0.6 is 0 Å². The Morgan fingerprint density at radius 2 is 1.96 bits per heavy atom. The predicted octanol–water partition coefficient (Wildman–Crippen LogP) is 2.05. The lowest BCUT2D eigenvalue weighted by atomic mass is 10.1. The van der Waals surface area contributed by atoms with Gasteiger partial charge in [0, 0.05) is 18.8 Å². The first-order valence-corrected chi connectivity index (χ1v) is 7.68. The summed E-state index contributed by atoms with van der Waals surface area (Å²) in [5.74, 6) is 0.447. The van der Waals surface area contributed by atoms with E-state index < -0.39 is 6.09 Å². The molecule has 0 radical (unpaired) electrons. The van der Waals surface area contributed by atoms with Gasteiger partial charge in [0.15, 0.2) is 11.5 Å². The topological polar surface area (TPSA) is 119 Å². The Morgan fingerprint density at radius 3 is 2.62 bits per heavy atom. The van der Waals surface area contributed by atoms with Gasteiger partial charge < -0.3 is 10.6 Å². The number of amides is 1. The highest BCUT2D eigenvalue weighted by Crippen LogP contribution is 2.16. The van der Waals surface area contributed by atoms with Crippen molar-refractivity contribution < 1.29 is 14.3 Å². The summed E-state index contributed by atoms with van der Waals surface area (Å²) < 4.78 is 4.63. The van der Waals surface area contributed by atoms with Crippen LogP contribution in [-0.2, 0) is 4.84 Å². The maximum absolute atomic E-state index is 11.9. The molecule has 1 aliphatic heterocycles. The fourth-order valence-electron chi connectivity index (χ4n) is 2.45. The number of carbonyl (C=O) groups is 1. The van der Waals surface area contributed by atoms with Gasteiger partial charge >= 0.3 is 6.09 Å². The minimum Gasteiger partial charge on any atom is -0.379 e. The Labute approximate surface area is 138 Å². The smallest absolute Gasteiger partial charge is 0.379 e. The van der Waals surface area contributed by atoms with E-state index in [1.54, 1.807) is 24.3 Å². The Hall–Kier alpha value is -3.10. The van der Waals surface area contributed by atoms with Crippen LogP contribution in [-0.4, -0.2) is 40.2 Å². The van der Waals surface area contributed by atoms with E-state index >= 15 is 0 Å². The van der Waals surface area contributed by atoms with E-state index in [9.17, 15) is 4.79 Å². The molecule has 1 aromatic carbocycles. The normalized spacial score (nSPS) is 15.2. The van der Waals surface area contributed by atoms with Crippen LogP contribution in [0.1, 0.15) is 25.0 Å². The van der Waals surface area contributed by atoms with Crippen molar-refractivity contribution in [1.29, 1.82) is 0 Å². The number of nitrogens with one attached hydrogen (secondary N) is 1. The first-order valence-electron chi connectivity index (χ1n) is 7.68. The van der Waals surface area contributed by atoms with Crippen LogP contribution in [0.3, 0.4) is 0 Å². The number of hydrogen-bond acceptors (Lipinski definition) is 7. The summed E-state index contributed by atoms with van der Waals surface area (Å²) in [6, 6.07) is 8.95. The quantitative estimate of drug-likeness (QED) is 0.382. The summed E-state index contributed by atoms with van der Waals surface area (Å²) >= 11 is 0. The van der Waals surface area contributed by atoms with Crippen LogP contribution in [0.5, 0.6) is 0 Å². The molecule has 1 aliphatic rings. The zero-order valence-electron chi connectivity index (χ0n) is 13.0.